The van der Waals surface area contributed by atoms with Gasteiger partial charge in [-0.2, -0.15) is 0 Å². The zero-order valence-electron chi connectivity index (χ0n) is 14.2. The summed E-state index contributed by atoms with van der Waals surface area (Å²) in [6, 6.07) is 18.8. The molecule has 2 bridgehead atoms. The van der Waals surface area contributed by atoms with Gasteiger partial charge in [0, 0.05) is 17.6 Å². The van der Waals surface area contributed by atoms with Crippen molar-refractivity contribution in [3.8, 4) is 0 Å². The van der Waals surface area contributed by atoms with Crippen molar-refractivity contribution in [1.82, 2.24) is 10.2 Å². The predicted octanol–water partition coefficient (Wildman–Crippen LogP) is 2.98. The van der Waals surface area contributed by atoms with Crippen molar-refractivity contribution in [2.24, 2.45) is 5.73 Å². The van der Waals surface area contributed by atoms with Crippen molar-refractivity contribution in [1.29, 1.82) is 0 Å². The maximum absolute atomic E-state index is 13.1. The number of fused-ring (bicyclic) bond motifs is 1. The molecule has 0 saturated heterocycles. The summed E-state index contributed by atoms with van der Waals surface area (Å²) in [6.45, 7) is 0.742. The van der Waals surface area contributed by atoms with Gasteiger partial charge in [-0.3, -0.25) is 0 Å². The maximum Gasteiger partial charge on any atom is 0.318 e. The SMILES string of the molecule is NC12CC(NC(=O)N3CCc4ccccc4[C@@H]3c3ccccc3)(C1)C2. The summed E-state index contributed by atoms with van der Waals surface area (Å²) in [5.41, 5.74) is 9.85. The first-order valence-corrected chi connectivity index (χ1v) is 9.08. The third-order valence-corrected chi connectivity index (χ3v) is 6.10. The number of nitrogens with two attached hydrogens (primary N) is 1. The number of hydrogen-bond acceptors (Lipinski definition) is 2. The van der Waals surface area contributed by atoms with Gasteiger partial charge in [-0.15, -0.1) is 0 Å². The zero-order chi connectivity index (χ0) is 17.1. The lowest BCUT2D eigenvalue weighted by Gasteiger charge is -2.69. The Bertz CT molecular complexity index is 812. The first-order valence-electron chi connectivity index (χ1n) is 9.08. The molecule has 6 rings (SSSR count). The quantitative estimate of drug-likeness (QED) is 0.888. The molecule has 128 valence electrons. The van der Waals surface area contributed by atoms with Gasteiger partial charge in [0.05, 0.1) is 6.04 Å². The van der Waals surface area contributed by atoms with Crippen molar-refractivity contribution in [2.75, 3.05) is 6.54 Å². The molecule has 4 aliphatic rings. The Morgan fingerprint density at radius 2 is 1.72 bits per heavy atom. The fraction of sp³-hybridized carbons (Fsp3) is 0.381. The van der Waals surface area contributed by atoms with E-state index in [1.807, 2.05) is 23.1 Å². The van der Waals surface area contributed by atoms with E-state index in [4.69, 9.17) is 5.73 Å². The Hall–Kier alpha value is -2.33. The smallest absolute Gasteiger partial charge is 0.318 e. The molecular weight excluding hydrogens is 310 g/mol. The highest BCUT2D eigenvalue weighted by Crippen LogP contribution is 2.58. The Morgan fingerprint density at radius 1 is 1.04 bits per heavy atom. The molecule has 4 nitrogen and oxygen atoms in total. The van der Waals surface area contributed by atoms with E-state index in [1.54, 1.807) is 0 Å². The van der Waals surface area contributed by atoms with E-state index in [1.165, 1.54) is 11.1 Å². The van der Waals surface area contributed by atoms with Gasteiger partial charge in [0.15, 0.2) is 0 Å². The number of hydrogen-bond donors (Lipinski definition) is 2. The summed E-state index contributed by atoms with van der Waals surface area (Å²) < 4.78 is 0. The van der Waals surface area contributed by atoms with Gasteiger partial charge in [-0.05, 0) is 42.4 Å². The number of carbonyl (C=O) groups excluding carboxylic acids is 1. The Morgan fingerprint density at radius 3 is 2.44 bits per heavy atom. The fourth-order valence-corrected chi connectivity index (χ4v) is 5.08. The van der Waals surface area contributed by atoms with Crippen LogP contribution >= 0.6 is 0 Å². The molecule has 3 aliphatic carbocycles. The van der Waals surface area contributed by atoms with Gasteiger partial charge in [-0.1, -0.05) is 54.6 Å². The van der Waals surface area contributed by atoms with E-state index in [0.717, 1.165) is 37.8 Å². The minimum Gasteiger partial charge on any atom is -0.332 e. The summed E-state index contributed by atoms with van der Waals surface area (Å²) in [7, 11) is 0. The van der Waals surface area contributed by atoms with E-state index in [0.29, 0.717) is 0 Å². The minimum absolute atomic E-state index is 0.000604. The first kappa shape index (κ1) is 15.0. The second kappa shape index (κ2) is 5.09. The molecule has 1 aliphatic heterocycles. The van der Waals surface area contributed by atoms with Crippen molar-refractivity contribution in [2.45, 2.75) is 42.8 Å². The van der Waals surface area contributed by atoms with Gasteiger partial charge in [-0.25, -0.2) is 4.79 Å². The summed E-state index contributed by atoms with van der Waals surface area (Å²) >= 11 is 0. The number of amides is 2. The number of urea groups is 1. The predicted molar refractivity (Wildman–Crippen MR) is 97.2 cm³/mol. The lowest BCUT2D eigenvalue weighted by molar-refractivity contribution is -0.0718. The minimum atomic E-state index is -0.0377. The second-order valence-corrected chi connectivity index (χ2v) is 8.06. The molecule has 3 saturated carbocycles. The highest BCUT2D eigenvalue weighted by atomic mass is 16.2. The number of nitrogens with zero attached hydrogens (tertiary/aromatic N) is 1. The zero-order valence-corrected chi connectivity index (χ0v) is 14.2. The van der Waals surface area contributed by atoms with Crippen LogP contribution in [0, 0.1) is 0 Å². The van der Waals surface area contributed by atoms with Gasteiger partial charge in [0.25, 0.3) is 0 Å². The molecule has 0 aromatic heterocycles. The summed E-state index contributed by atoms with van der Waals surface area (Å²) in [5, 5.41) is 3.29. The molecule has 2 aromatic carbocycles. The molecule has 2 aromatic rings. The lowest BCUT2D eigenvalue weighted by Crippen LogP contribution is -2.82. The van der Waals surface area contributed by atoms with Gasteiger partial charge >= 0.3 is 6.03 Å². The van der Waals surface area contributed by atoms with Crippen LogP contribution in [0.2, 0.25) is 0 Å². The van der Waals surface area contributed by atoms with Crippen molar-refractivity contribution in [3.63, 3.8) is 0 Å². The summed E-state index contributed by atoms with van der Waals surface area (Å²) in [5.74, 6) is 0. The average molecular weight is 333 g/mol. The second-order valence-electron chi connectivity index (χ2n) is 8.06. The number of nitrogens with one attached hydrogen (secondary N) is 1. The standard InChI is InChI=1S/C21H23N3O/c22-20-12-21(13-20,14-20)23-19(25)24-11-10-15-6-4-5-9-17(15)18(24)16-7-2-1-3-8-16/h1-9,18H,10-14,22H2,(H,23,25)/t18-,20?,21?/m0/s1. The lowest BCUT2D eigenvalue weighted by atomic mass is 9.44. The molecule has 1 atom stereocenters. The van der Waals surface area contributed by atoms with Crippen molar-refractivity contribution >= 4 is 6.03 Å². The number of rotatable bonds is 2. The van der Waals surface area contributed by atoms with Crippen LogP contribution in [0.4, 0.5) is 4.79 Å². The molecule has 0 spiro atoms. The van der Waals surface area contributed by atoms with E-state index >= 15 is 0 Å². The van der Waals surface area contributed by atoms with Crippen molar-refractivity contribution < 1.29 is 4.79 Å². The van der Waals surface area contributed by atoms with Crippen LogP contribution in [-0.4, -0.2) is 28.6 Å². The van der Waals surface area contributed by atoms with E-state index in [9.17, 15) is 4.79 Å². The Balaban J connectivity index is 1.47. The largest absolute Gasteiger partial charge is 0.332 e. The van der Waals surface area contributed by atoms with Crippen LogP contribution < -0.4 is 11.1 Å². The van der Waals surface area contributed by atoms with Crippen LogP contribution in [0.1, 0.15) is 42.0 Å². The van der Waals surface area contributed by atoms with Crippen LogP contribution in [0.25, 0.3) is 0 Å². The monoisotopic (exact) mass is 333 g/mol. The van der Waals surface area contributed by atoms with E-state index < -0.39 is 0 Å². The molecule has 1 heterocycles. The third-order valence-electron chi connectivity index (χ3n) is 6.10. The molecule has 4 heteroatoms. The van der Waals surface area contributed by atoms with Crippen LogP contribution in [-0.2, 0) is 6.42 Å². The van der Waals surface area contributed by atoms with Crippen LogP contribution in [0.5, 0.6) is 0 Å². The molecular formula is C21H23N3O. The van der Waals surface area contributed by atoms with Gasteiger partial charge in [0.2, 0.25) is 0 Å². The third kappa shape index (κ3) is 2.28. The number of carbonyl (C=O) groups is 1. The Labute approximate surface area is 148 Å². The maximum atomic E-state index is 13.1. The summed E-state index contributed by atoms with van der Waals surface area (Å²) in [6.07, 6.45) is 3.67. The van der Waals surface area contributed by atoms with Crippen LogP contribution in [0.3, 0.4) is 0 Å². The molecule has 3 N–H and O–H groups in total. The van der Waals surface area contributed by atoms with E-state index in [2.05, 4.69) is 41.7 Å². The average Bonchev–Trinajstić information content (AvgIpc) is 2.59. The first-order chi connectivity index (χ1) is 12.1. The molecule has 25 heavy (non-hydrogen) atoms. The summed E-state index contributed by atoms with van der Waals surface area (Å²) in [4.78, 5) is 15.1. The molecule has 0 unspecified atom stereocenters. The number of benzene rings is 2. The van der Waals surface area contributed by atoms with Crippen molar-refractivity contribution in [3.05, 3.63) is 71.3 Å². The molecule has 2 amide bonds. The van der Waals surface area contributed by atoms with Gasteiger partial charge < -0.3 is 16.0 Å². The topological polar surface area (TPSA) is 58.4 Å². The normalized spacial score (nSPS) is 32.2. The molecule has 3 fully saturated rings. The van der Waals surface area contributed by atoms with E-state index in [-0.39, 0.29) is 23.2 Å². The fourth-order valence-electron chi connectivity index (χ4n) is 5.08. The van der Waals surface area contributed by atoms with Gasteiger partial charge in [0.1, 0.15) is 0 Å². The molecule has 0 radical (unpaired) electrons. The highest BCUT2D eigenvalue weighted by Gasteiger charge is 2.66. The Kier molecular flexibility index (Phi) is 3.04. The highest BCUT2D eigenvalue weighted by molar-refractivity contribution is 5.77. The van der Waals surface area contributed by atoms with Crippen LogP contribution in [0.15, 0.2) is 54.6 Å².